The third-order valence-electron chi connectivity index (χ3n) is 3.71. The lowest BCUT2D eigenvalue weighted by Gasteiger charge is -2.38. The van der Waals surface area contributed by atoms with E-state index in [1.54, 1.807) is 9.58 Å². The van der Waals surface area contributed by atoms with E-state index in [1.807, 2.05) is 57.2 Å². The Bertz CT molecular complexity index is 697. The molecule has 1 aliphatic heterocycles. The molecular formula is C17H22N4O2. The van der Waals surface area contributed by atoms with Crippen LogP contribution in [0.2, 0.25) is 0 Å². The van der Waals surface area contributed by atoms with Gasteiger partial charge >= 0.3 is 6.09 Å². The van der Waals surface area contributed by atoms with E-state index in [0.717, 1.165) is 11.4 Å². The van der Waals surface area contributed by atoms with E-state index >= 15 is 0 Å². The van der Waals surface area contributed by atoms with Crippen LogP contribution in [0.5, 0.6) is 0 Å². The smallest absolute Gasteiger partial charge is 0.410 e. The number of nitrogen functional groups attached to an aromatic ring is 1. The van der Waals surface area contributed by atoms with E-state index in [9.17, 15) is 4.79 Å². The summed E-state index contributed by atoms with van der Waals surface area (Å²) < 4.78 is 7.09. The van der Waals surface area contributed by atoms with Crippen molar-refractivity contribution in [3.05, 3.63) is 42.1 Å². The number of anilines is 1. The fourth-order valence-electron chi connectivity index (χ4n) is 2.53. The number of hydrogen-bond donors (Lipinski definition) is 1. The number of likely N-dealkylation sites (tertiary alicyclic amines) is 1. The minimum Gasteiger partial charge on any atom is -0.444 e. The Labute approximate surface area is 135 Å². The highest BCUT2D eigenvalue weighted by Crippen LogP contribution is 2.29. The minimum atomic E-state index is -0.471. The number of aromatic nitrogens is 2. The summed E-state index contributed by atoms with van der Waals surface area (Å²) in [5.74, 6) is 0.802. The molecule has 23 heavy (non-hydrogen) atoms. The summed E-state index contributed by atoms with van der Waals surface area (Å²) in [4.78, 5) is 13.7. The quantitative estimate of drug-likeness (QED) is 0.925. The molecule has 3 rings (SSSR count). The van der Waals surface area contributed by atoms with E-state index in [4.69, 9.17) is 10.5 Å². The first-order valence-electron chi connectivity index (χ1n) is 7.72. The van der Waals surface area contributed by atoms with Crippen molar-refractivity contribution in [1.29, 1.82) is 0 Å². The lowest BCUT2D eigenvalue weighted by Crippen LogP contribution is -2.50. The van der Waals surface area contributed by atoms with Crippen LogP contribution in [0, 0.1) is 0 Å². The van der Waals surface area contributed by atoms with Gasteiger partial charge in [0.25, 0.3) is 0 Å². The molecule has 0 spiro atoms. The van der Waals surface area contributed by atoms with Crippen LogP contribution in [0.15, 0.2) is 36.4 Å². The highest BCUT2D eigenvalue weighted by atomic mass is 16.6. The Morgan fingerprint density at radius 2 is 1.91 bits per heavy atom. The molecule has 2 aromatic rings. The molecular weight excluding hydrogens is 292 g/mol. The zero-order valence-electron chi connectivity index (χ0n) is 13.7. The average molecular weight is 314 g/mol. The second kappa shape index (κ2) is 5.61. The first-order valence-corrected chi connectivity index (χ1v) is 7.72. The molecule has 1 aromatic carbocycles. The van der Waals surface area contributed by atoms with E-state index in [2.05, 4.69) is 5.10 Å². The molecule has 6 nitrogen and oxygen atoms in total. The van der Waals surface area contributed by atoms with Crippen molar-refractivity contribution in [3.63, 3.8) is 0 Å². The van der Waals surface area contributed by atoms with Crippen molar-refractivity contribution in [2.24, 2.45) is 0 Å². The molecule has 2 heterocycles. The van der Waals surface area contributed by atoms with Crippen molar-refractivity contribution in [2.45, 2.75) is 32.3 Å². The third kappa shape index (κ3) is 3.31. The maximum Gasteiger partial charge on any atom is 0.410 e. The summed E-state index contributed by atoms with van der Waals surface area (Å²) >= 11 is 0. The lowest BCUT2D eigenvalue weighted by molar-refractivity contribution is 0.00785. The van der Waals surface area contributed by atoms with Gasteiger partial charge < -0.3 is 15.4 Å². The number of nitrogens with two attached hydrogens (primary N) is 1. The number of carbonyl (C=O) groups is 1. The van der Waals surface area contributed by atoms with Gasteiger partial charge in [-0.1, -0.05) is 18.2 Å². The van der Waals surface area contributed by atoms with Gasteiger partial charge in [-0.25, -0.2) is 9.48 Å². The Morgan fingerprint density at radius 3 is 2.52 bits per heavy atom. The second-order valence-corrected chi connectivity index (χ2v) is 6.82. The molecule has 1 amide bonds. The van der Waals surface area contributed by atoms with Gasteiger partial charge in [-0.15, -0.1) is 0 Å². The number of benzene rings is 1. The van der Waals surface area contributed by atoms with Crippen molar-refractivity contribution in [1.82, 2.24) is 14.7 Å². The molecule has 1 saturated heterocycles. The fraction of sp³-hybridized carbons (Fsp3) is 0.412. The lowest BCUT2D eigenvalue weighted by atomic mass is 9.97. The summed E-state index contributed by atoms with van der Waals surface area (Å²) in [6.07, 6.45) is -0.274. The largest absolute Gasteiger partial charge is 0.444 e. The number of para-hydroxylation sites is 1. The fourth-order valence-corrected chi connectivity index (χ4v) is 2.53. The molecule has 0 bridgehead atoms. The number of amides is 1. The van der Waals surface area contributed by atoms with E-state index in [0.29, 0.717) is 18.9 Å². The third-order valence-corrected chi connectivity index (χ3v) is 3.71. The SMILES string of the molecule is CC(C)(C)OC(=O)N1CC(c2cc(N)n(-c3ccccc3)n2)C1. The van der Waals surface area contributed by atoms with Gasteiger partial charge in [0, 0.05) is 25.1 Å². The number of hydrogen-bond acceptors (Lipinski definition) is 4. The monoisotopic (exact) mass is 314 g/mol. The number of ether oxygens (including phenoxy) is 1. The zero-order valence-corrected chi connectivity index (χ0v) is 13.7. The van der Waals surface area contributed by atoms with Crippen LogP contribution in [0.25, 0.3) is 5.69 Å². The van der Waals surface area contributed by atoms with Crippen molar-refractivity contribution in [2.75, 3.05) is 18.8 Å². The number of rotatable bonds is 2. The Morgan fingerprint density at radius 1 is 1.26 bits per heavy atom. The van der Waals surface area contributed by atoms with Gasteiger partial charge in [0.15, 0.2) is 0 Å². The molecule has 122 valence electrons. The van der Waals surface area contributed by atoms with Gasteiger partial charge in [-0.3, -0.25) is 0 Å². The normalized spacial score (nSPS) is 15.3. The van der Waals surface area contributed by atoms with E-state index < -0.39 is 5.60 Å². The molecule has 1 fully saturated rings. The molecule has 0 unspecified atom stereocenters. The van der Waals surface area contributed by atoms with Gasteiger partial charge in [-0.05, 0) is 32.9 Å². The molecule has 6 heteroatoms. The first-order chi connectivity index (χ1) is 10.8. The van der Waals surface area contributed by atoms with Gasteiger partial charge in [0.1, 0.15) is 11.4 Å². The van der Waals surface area contributed by atoms with Crippen LogP contribution in [0.4, 0.5) is 10.6 Å². The average Bonchev–Trinajstić information content (AvgIpc) is 2.77. The van der Waals surface area contributed by atoms with Gasteiger partial charge in [0.05, 0.1) is 11.4 Å². The molecule has 1 aromatic heterocycles. The van der Waals surface area contributed by atoms with Gasteiger partial charge in [-0.2, -0.15) is 5.10 Å². The molecule has 0 aliphatic carbocycles. The Hall–Kier alpha value is -2.50. The summed E-state index contributed by atoms with van der Waals surface area (Å²) in [6, 6.07) is 11.6. The number of carbonyl (C=O) groups excluding carboxylic acids is 1. The molecule has 0 atom stereocenters. The molecule has 1 aliphatic rings. The maximum absolute atomic E-state index is 12.0. The minimum absolute atomic E-state index is 0.204. The van der Waals surface area contributed by atoms with Crippen molar-refractivity contribution >= 4 is 11.9 Å². The maximum atomic E-state index is 12.0. The molecule has 0 radical (unpaired) electrons. The summed E-state index contributed by atoms with van der Waals surface area (Å²) in [6.45, 7) is 6.82. The highest BCUT2D eigenvalue weighted by molar-refractivity contribution is 5.69. The predicted molar refractivity (Wildman–Crippen MR) is 88.5 cm³/mol. The van der Waals surface area contributed by atoms with Crippen LogP contribution in [0.3, 0.4) is 0 Å². The topological polar surface area (TPSA) is 73.4 Å². The van der Waals surface area contributed by atoms with Crippen LogP contribution in [-0.2, 0) is 4.74 Å². The summed E-state index contributed by atoms with van der Waals surface area (Å²) in [5, 5.41) is 4.58. The summed E-state index contributed by atoms with van der Waals surface area (Å²) in [5.41, 5.74) is 7.43. The van der Waals surface area contributed by atoms with Crippen molar-refractivity contribution < 1.29 is 9.53 Å². The number of nitrogens with zero attached hydrogens (tertiary/aromatic N) is 3. The van der Waals surface area contributed by atoms with Crippen LogP contribution in [0.1, 0.15) is 32.4 Å². The highest BCUT2D eigenvalue weighted by Gasteiger charge is 2.36. The second-order valence-electron chi connectivity index (χ2n) is 6.82. The first kappa shape index (κ1) is 15.4. The molecule has 2 N–H and O–H groups in total. The zero-order chi connectivity index (χ0) is 16.6. The van der Waals surface area contributed by atoms with Crippen LogP contribution < -0.4 is 5.73 Å². The van der Waals surface area contributed by atoms with Crippen LogP contribution >= 0.6 is 0 Å². The predicted octanol–water partition coefficient (Wildman–Crippen LogP) is 2.79. The Kier molecular flexibility index (Phi) is 3.75. The summed E-state index contributed by atoms with van der Waals surface area (Å²) in [7, 11) is 0. The van der Waals surface area contributed by atoms with Crippen LogP contribution in [-0.4, -0.2) is 39.5 Å². The van der Waals surface area contributed by atoms with Crippen molar-refractivity contribution in [3.8, 4) is 5.69 Å². The standard InChI is InChI=1S/C17H22N4O2/c1-17(2,3)23-16(22)20-10-12(11-20)14-9-15(18)21(19-14)13-7-5-4-6-8-13/h4-9,12H,10-11,18H2,1-3H3. The van der Waals surface area contributed by atoms with E-state index in [1.165, 1.54) is 0 Å². The van der Waals surface area contributed by atoms with E-state index in [-0.39, 0.29) is 12.0 Å². The van der Waals surface area contributed by atoms with Gasteiger partial charge in [0.2, 0.25) is 0 Å². The Balaban J connectivity index is 1.66. The molecule has 0 saturated carbocycles.